The van der Waals surface area contributed by atoms with Crippen LogP contribution in [-0.2, 0) is 32.9 Å². The van der Waals surface area contributed by atoms with Gasteiger partial charge in [0.05, 0.1) is 11.8 Å². The Morgan fingerprint density at radius 1 is 1.34 bits per heavy atom. The first-order valence-electron chi connectivity index (χ1n) is 12.3. The summed E-state index contributed by atoms with van der Waals surface area (Å²) in [5.41, 5.74) is 1.06. The number of nitrogens with one attached hydrogen (secondary N) is 1. The Bertz CT molecular complexity index is 1150. The van der Waals surface area contributed by atoms with Crippen molar-refractivity contribution in [3.05, 3.63) is 35.7 Å². The smallest absolute Gasteiger partial charge is 0.261 e. The Kier molecular flexibility index (Phi) is 6.05. The molecule has 188 valence electrons. The third kappa shape index (κ3) is 3.99. The van der Waals surface area contributed by atoms with E-state index in [1.807, 2.05) is 25.1 Å². The Balaban J connectivity index is 1.47. The van der Waals surface area contributed by atoms with Crippen molar-refractivity contribution in [2.75, 3.05) is 23.4 Å². The van der Waals surface area contributed by atoms with Crippen molar-refractivity contribution < 1.29 is 23.5 Å². The molecule has 4 atom stereocenters. The molecule has 11 heteroatoms. The topological polar surface area (TPSA) is 110 Å². The molecule has 0 saturated carbocycles. The summed E-state index contributed by atoms with van der Waals surface area (Å²) in [5.74, 6) is -0.592. The van der Waals surface area contributed by atoms with Crippen LogP contribution in [0.15, 0.2) is 24.4 Å². The maximum Gasteiger partial charge on any atom is 0.261 e. The lowest BCUT2D eigenvalue weighted by molar-refractivity contribution is -0.143. The van der Waals surface area contributed by atoms with E-state index in [-0.39, 0.29) is 24.3 Å². The second-order valence-corrected chi connectivity index (χ2v) is 14.1. The second-order valence-electron chi connectivity index (χ2n) is 10.3. The summed E-state index contributed by atoms with van der Waals surface area (Å²) in [5, 5.41) is 20.2. The average Bonchev–Trinajstić information content (AvgIpc) is 3.54. The molecule has 5 rings (SSSR count). The van der Waals surface area contributed by atoms with Gasteiger partial charge in [-0.2, -0.15) is 0 Å². The van der Waals surface area contributed by atoms with E-state index in [2.05, 4.69) is 15.6 Å². The number of nitrogens with zero attached hydrogens (tertiary/aromatic N) is 4. The minimum atomic E-state index is -3.24. The number of fused-ring (bicyclic) bond motifs is 2. The summed E-state index contributed by atoms with van der Waals surface area (Å²) in [4.78, 5) is 27.6. The molecule has 0 unspecified atom stereocenters. The summed E-state index contributed by atoms with van der Waals surface area (Å²) >= 11 is 0. The van der Waals surface area contributed by atoms with Crippen LogP contribution in [0.2, 0.25) is 18.6 Å². The SMILES string of the molecule is C[C@H]1[C@H]([Si](C)(C)F)[C@@H](CCn2cc(CCO)nn2)O[C@]12C(=O)Nc1ccc(N3CCCC3=O)cc12. The van der Waals surface area contributed by atoms with E-state index in [4.69, 9.17) is 9.84 Å². The standard InChI is InChI=1S/C24H32FN5O4Si/c1-15-22(35(2,3)25)20(8-11-29-14-16(9-12-31)27-28-29)34-24(15)18-13-17(30-10-4-5-21(30)32)6-7-19(18)26-23(24)33/h6-7,13-15,20,22,31H,4-5,8-12H2,1-3H3,(H,26,33)/t15-,20+,22-,24+/m0/s1. The van der Waals surface area contributed by atoms with Crippen LogP contribution in [0.3, 0.4) is 0 Å². The molecule has 2 amide bonds. The Morgan fingerprint density at radius 3 is 2.83 bits per heavy atom. The zero-order valence-electron chi connectivity index (χ0n) is 20.3. The van der Waals surface area contributed by atoms with Crippen molar-refractivity contribution in [2.45, 2.75) is 69.5 Å². The molecule has 1 aromatic carbocycles. The van der Waals surface area contributed by atoms with Crippen molar-refractivity contribution >= 4 is 31.6 Å². The molecule has 2 aromatic rings. The molecule has 0 bridgehead atoms. The number of carbonyl (C=O) groups excluding carboxylic acids is 2. The molecule has 3 aliphatic rings. The number of aryl methyl sites for hydroxylation is 1. The van der Waals surface area contributed by atoms with Crippen LogP contribution in [0.4, 0.5) is 15.5 Å². The highest BCUT2D eigenvalue weighted by Crippen LogP contribution is 2.59. The fraction of sp³-hybridized carbons (Fsp3) is 0.583. The minimum Gasteiger partial charge on any atom is -0.396 e. The van der Waals surface area contributed by atoms with Crippen LogP contribution in [-0.4, -0.2) is 59.6 Å². The third-order valence-electron chi connectivity index (χ3n) is 7.68. The highest BCUT2D eigenvalue weighted by molar-refractivity contribution is 6.72. The van der Waals surface area contributed by atoms with Gasteiger partial charge in [0, 0.05) is 67.1 Å². The first kappa shape index (κ1) is 24.1. The van der Waals surface area contributed by atoms with E-state index < -0.39 is 25.7 Å². The number of halogens is 1. The monoisotopic (exact) mass is 501 g/mol. The van der Waals surface area contributed by atoms with E-state index >= 15 is 4.11 Å². The number of aromatic nitrogens is 3. The number of ether oxygens (including phenoxy) is 1. The molecule has 9 nitrogen and oxygen atoms in total. The summed E-state index contributed by atoms with van der Waals surface area (Å²) < 4.78 is 24.0. The van der Waals surface area contributed by atoms with Crippen LogP contribution in [0.1, 0.15) is 37.4 Å². The predicted octanol–water partition coefficient (Wildman–Crippen LogP) is 2.76. The summed E-state index contributed by atoms with van der Waals surface area (Å²) in [6, 6.07) is 5.54. The average molecular weight is 502 g/mol. The zero-order chi connectivity index (χ0) is 25.0. The van der Waals surface area contributed by atoms with Gasteiger partial charge < -0.3 is 24.2 Å². The number of benzene rings is 1. The van der Waals surface area contributed by atoms with Crippen molar-refractivity contribution in [1.29, 1.82) is 0 Å². The number of carbonyl (C=O) groups is 2. The van der Waals surface area contributed by atoms with Gasteiger partial charge >= 0.3 is 0 Å². The van der Waals surface area contributed by atoms with Gasteiger partial charge in [-0.1, -0.05) is 12.1 Å². The molecule has 35 heavy (non-hydrogen) atoms. The molecule has 0 aliphatic carbocycles. The predicted molar refractivity (Wildman–Crippen MR) is 130 cm³/mol. The highest BCUT2D eigenvalue weighted by Gasteiger charge is 2.65. The lowest BCUT2D eigenvalue weighted by Gasteiger charge is -2.31. The van der Waals surface area contributed by atoms with Gasteiger partial charge in [0.25, 0.3) is 5.91 Å². The molecule has 3 aliphatic heterocycles. The molecule has 0 radical (unpaired) electrons. The lowest BCUT2D eigenvalue weighted by atomic mass is 9.82. The Hall–Kier alpha value is -2.63. The van der Waals surface area contributed by atoms with E-state index in [1.54, 1.807) is 28.9 Å². The van der Waals surface area contributed by atoms with E-state index in [9.17, 15) is 9.59 Å². The maximum atomic E-state index is 15.8. The molecular weight excluding hydrogens is 469 g/mol. The number of hydrogen-bond acceptors (Lipinski definition) is 6. The quantitative estimate of drug-likeness (QED) is 0.446. The molecule has 1 spiro atoms. The second kappa shape index (κ2) is 8.79. The summed E-state index contributed by atoms with van der Waals surface area (Å²) in [7, 11) is -3.24. The first-order valence-corrected chi connectivity index (χ1v) is 15.2. The normalized spacial score (nSPS) is 28.3. The largest absolute Gasteiger partial charge is 0.396 e. The number of hydrogen-bond donors (Lipinski definition) is 2. The van der Waals surface area contributed by atoms with Crippen molar-refractivity contribution in [2.24, 2.45) is 5.92 Å². The number of anilines is 2. The van der Waals surface area contributed by atoms with Gasteiger partial charge in [0.15, 0.2) is 5.60 Å². The fourth-order valence-corrected chi connectivity index (χ4v) is 8.69. The van der Waals surface area contributed by atoms with Gasteiger partial charge in [-0.15, -0.1) is 5.10 Å². The number of rotatable bonds is 7. The van der Waals surface area contributed by atoms with Crippen molar-refractivity contribution in [1.82, 2.24) is 15.0 Å². The van der Waals surface area contributed by atoms with E-state index in [0.717, 1.165) is 12.1 Å². The molecule has 2 saturated heterocycles. The van der Waals surface area contributed by atoms with E-state index in [0.29, 0.717) is 49.3 Å². The van der Waals surface area contributed by atoms with Crippen molar-refractivity contribution in [3.8, 4) is 0 Å². The van der Waals surface area contributed by atoms with Gasteiger partial charge in [-0.3, -0.25) is 14.3 Å². The first-order chi connectivity index (χ1) is 16.6. The van der Waals surface area contributed by atoms with Crippen LogP contribution in [0.25, 0.3) is 0 Å². The third-order valence-corrected chi connectivity index (χ3v) is 10.1. The number of aliphatic hydroxyl groups is 1. The van der Waals surface area contributed by atoms with Crippen LogP contribution >= 0.6 is 0 Å². The summed E-state index contributed by atoms with van der Waals surface area (Å²) in [6.45, 7) is 6.36. The maximum absolute atomic E-state index is 15.8. The van der Waals surface area contributed by atoms with Gasteiger partial charge in [-0.05, 0) is 44.1 Å². The molecular formula is C24H32FN5O4Si. The molecule has 1 aromatic heterocycles. The molecule has 2 fully saturated rings. The van der Waals surface area contributed by atoms with E-state index in [1.165, 1.54) is 0 Å². The molecule has 2 N–H and O–H groups in total. The number of aliphatic hydroxyl groups excluding tert-OH is 1. The Morgan fingerprint density at radius 2 is 2.14 bits per heavy atom. The molecule has 4 heterocycles. The highest BCUT2D eigenvalue weighted by atomic mass is 28.4. The van der Waals surface area contributed by atoms with Gasteiger partial charge in [0.1, 0.15) is 0 Å². The van der Waals surface area contributed by atoms with Gasteiger partial charge in [-0.25, -0.2) is 0 Å². The van der Waals surface area contributed by atoms with Gasteiger partial charge in [0.2, 0.25) is 14.3 Å². The fourth-order valence-electron chi connectivity index (χ4n) is 6.15. The zero-order valence-corrected chi connectivity index (χ0v) is 21.3. The lowest BCUT2D eigenvalue weighted by Crippen LogP contribution is -2.42. The van der Waals surface area contributed by atoms with Crippen LogP contribution in [0, 0.1) is 5.92 Å². The minimum absolute atomic E-state index is 0.00624. The number of amides is 2. The van der Waals surface area contributed by atoms with Crippen LogP contribution in [0.5, 0.6) is 0 Å². The van der Waals surface area contributed by atoms with Crippen molar-refractivity contribution in [3.63, 3.8) is 0 Å². The Labute approximate surface area is 204 Å². The van der Waals surface area contributed by atoms with Crippen LogP contribution < -0.4 is 10.2 Å². The summed E-state index contributed by atoms with van der Waals surface area (Å²) in [6.07, 6.45) is 3.52.